The Bertz CT molecular complexity index is 416. The molecule has 16 heavy (non-hydrogen) atoms. The molecule has 0 atom stereocenters. The Morgan fingerprint density at radius 2 is 2.12 bits per heavy atom. The second-order valence-corrected chi connectivity index (χ2v) is 4.50. The molecule has 3 nitrogen and oxygen atoms in total. The van der Waals surface area contributed by atoms with Crippen LogP contribution in [-0.2, 0) is 4.79 Å². The van der Waals surface area contributed by atoms with Crippen LogP contribution in [0.15, 0.2) is 18.2 Å². The Hall–Kier alpha value is -0.770. The van der Waals surface area contributed by atoms with Crippen molar-refractivity contribution in [2.45, 2.75) is 25.3 Å². The molecule has 0 spiro atoms. The van der Waals surface area contributed by atoms with E-state index < -0.39 is 5.54 Å². The average molecular weight is 261 g/mol. The first-order chi connectivity index (χ1) is 7.01. The highest BCUT2D eigenvalue weighted by molar-refractivity contribution is 6.33. The van der Waals surface area contributed by atoms with Crippen LogP contribution in [0.4, 0.5) is 5.69 Å². The van der Waals surface area contributed by atoms with E-state index in [0.717, 1.165) is 18.4 Å². The minimum absolute atomic E-state index is 0. The molecule has 0 saturated heterocycles. The van der Waals surface area contributed by atoms with Crippen LogP contribution in [0.25, 0.3) is 0 Å². The van der Waals surface area contributed by atoms with Gasteiger partial charge in [0.05, 0.1) is 16.2 Å². The van der Waals surface area contributed by atoms with Crippen molar-refractivity contribution in [3.05, 3.63) is 28.8 Å². The van der Waals surface area contributed by atoms with Gasteiger partial charge >= 0.3 is 0 Å². The normalized spacial score (nSPS) is 16.2. The van der Waals surface area contributed by atoms with Crippen LogP contribution in [0.5, 0.6) is 0 Å². The number of rotatable bonds is 2. The lowest BCUT2D eigenvalue weighted by Gasteiger charge is -2.11. The van der Waals surface area contributed by atoms with E-state index in [0.29, 0.717) is 10.7 Å². The van der Waals surface area contributed by atoms with Gasteiger partial charge in [0.2, 0.25) is 5.91 Å². The molecule has 0 heterocycles. The number of hydrogen-bond donors (Lipinski definition) is 2. The van der Waals surface area contributed by atoms with Gasteiger partial charge in [-0.05, 0) is 37.5 Å². The molecule has 0 aliphatic heterocycles. The van der Waals surface area contributed by atoms with E-state index in [2.05, 4.69) is 5.32 Å². The van der Waals surface area contributed by atoms with E-state index in [-0.39, 0.29) is 18.3 Å². The van der Waals surface area contributed by atoms with Crippen molar-refractivity contribution >= 4 is 35.6 Å². The number of anilines is 1. The first kappa shape index (κ1) is 13.3. The van der Waals surface area contributed by atoms with Crippen molar-refractivity contribution in [2.24, 2.45) is 5.73 Å². The van der Waals surface area contributed by atoms with E-state index in [1.165, 1.54) is 0 Å². The molecule has 1 aromatic carbocycles. The van der Waals surface area contributed by atoms with Crippen molar-refractivity contribution in [2.75, 3.05) is 5.32 Å². The SMILES string of the molecule is Cc1ccc(Cl)c(NC(=O)C2(N)CC2)c1.Cl. The lowest BCUT2D eigenvalue weighted by Crippen LogP contribution is -2.37. The molecule has 1 aliphatic rings. The molecule has 88 valence electrons. The fourth-order valence-corrected chi connectivity index (χ4v) is 1.51. The van der Waals surface area contributed by atoms with E-state index >= 15 is 0 Å². The smallest absolute Gasteiger partial charge is 0.244 e. The third kappa shape index (κ3) is 2.67. The summed E-state index contributed by atoms with van der Waals surface area (Å²) in [6.07, 6.45) is 1.50. The minimum atomic E-state index is -0.660. The molecule has 0 unspecified atom stereocenters. The Balaban J connectivity index is 0.00000128. The lowest BCUT2D eigenvalue weighted by atomic mass is 10.2. The van der Waals surface area contributed by atoms with Crippen molar-refractivity contribution in [1.82, 2.24) is 0 Å². The van der Waals surface area contributed by atoms with E-state index in [9.17, 15) is 4.79 Å². The molecular weight excluding hydrogens is 247 g/mol. The van der Waals surface area contributed by atoms with Crippen molar-refractivity contribution in [3.63, 3.8) is 0 Å². The van der Waals surface area contributed by atoms with E-state index in [1.807, 2.05) is 19.1 Å². The number of amides is 1. The summed E-state index contributed by atoms with van der Waals surface area (Å²) in [7, 11) is 0. The van der Waals surface area contributed by atoms with Gasteiger partial charge in [0.25, 0.3) is 0 Å². The van der Waals surface area contributed by atoms with Crippen LogP contribution in [0.3, 0.4) is 0 Å². The number of nitrogens with two attached hydrogens (primary N) is 1. The van der Waals surface area contributed by atoms with Crippen molar-refractivity contribution < 1.29 is 4.79 Å². The maximum atomic E-state index is 11.7. The standard InChI is InChI=1S/C11H13ClN2O.ClH/c1-7-2-3-8(12)9(6-7)14-10(15)11(13)4-5-11;/h2-3,6H,4-5,13H2,1H3,(H,14,15);1H. The van der Waals surface area contributed by atoms with E-state index in [4.69, 9.17) is 17.3 Å². The number of carbonyl (C=O) groups excluding carboxylic acids is 1. The maximum absolute atomic E-state index is 11.7. The van der Waals surface area contributed by atoms with Gasteiger partial charge in [0.15, 0.2) is 0 Å². The van der Waals surface area contributed by atoms with Crippen molar-refractivity contribution in [1.29, 1.82) is 0 Å². The topological polar surface area (TPSA) is 55.1 Å². The monoisotopic (exact) mass is 260 g/mol. The van der Waals surface area contributed by atoms with Gasteiger partial charge in [-0.2, -0.15) is 0 Å². The second-order valence-electron chi connectivity index (χ2n) is 4.09. The predicted molar refractivity (Wildman–Crippen MR) is 68.2 cm³/mol. The number of nitrogens with one attached hydrogen (secondary N) is 1. The number of carbonyl (C=O) groups is 1. The summed E-state index contributed by atoms with van der Waals surface area (Å²) in [5.74, 6) is -0.144. The molecule has 1 aliphatic carbocycles. The summed E-state index contributed by atoms with van der Waals surface area (Å²) in [6.45, 7) is 1.95. The Morgan fingerprint density at radius 3 is 2.69 bits per heavy atom. The van der Waals surface area contributed by atoms with Crippen molar-refractivity contribution in [3.8, 4) is 0 Å². The van der Waals surface area contributed by atoms with Gasteiger partial charge in [0, 0.05) is 0 Å². The predicted octanol–water partition coefficient (Wildman–Crippen LogP) is 2.50. The average Bonchev–Trinajstić information content (AvgIpc) is 2.91. The molecule has 1 fully saturated rings. The molecule has 0 bridgehead atoms. The summed E-state index contributed by atoms with van der Waals surface area (Å²) in [5.41, 5.74) is 6.80. The Labute approximate surface area is 106 Å². The van der Waals surface area contributed by atoms with Crippen LogP contribution < -0.4 is 11.1 Å². The third-order valence-corrected chi connectivity index (χ3v) is 2.94. The summed E-state index contributed by atoms with van der Waals surface area (Å²) >= 11 is 5.96. The van der Waals surface area contributed by atoms with Gasteiger partial charge in [-0.1, -0.05) is 17.7 Å². The molecule has 0 radical (unpaired) electrons. The van der Waals surface area contributed by atoms with Gasteiger partial charge < -0.3 is 11.1 Å². The highest BCUT2D eigenvalue weighted by atomic mass is 35.5. The van der Waals surface area contributed by atoms with Gasteiger partial charge in [-0.25, -0.2) is 0 Å². The number of hydrogen-bond acceptors (Lipinski definition) is 2. The van der Waals surface area contributed by atoms with Gasteiger partial charge in [0.1, 0.15) is 0 Å². The number of halogens is 2. The molecule has 1 aromatic rings. The minimum Gasteiger partial charge on any atom is -0.323 e. The Morgan fingerprint density at radius 1 is 1.50 bits per heavy atom. The molecule has 1 amide bonds. The molecule has 0 aromatic heterocycles. The van der Waals surface area contributed by atoms with Crippen LogP contribution in [-0.4, -0.2) is 11.4 Å². The number of benzene rings is 1. The molecule has 3 N–H and O–H groups in total. The maximum Gasteiger partial charge on any atom is 0.244 e. The zero-order valence-corrected chi connectivity index (χ0v) is 10.5. The van der Waals surface area contributed by atoms with Crippen LogP contribution in [0.2, 0.25) is 5.02 Å². The highest BCUT2D eigenvalue weighted by Gasteiger charge is 2.46. The lowest BCUT2D eigenvalue weighted by molar-refractivity contribution is -0.118. The highest BCUT2D eigenvalue weighted by Crippen LogP contribution is 2.34. The van der Waals surface area contributed by atoms with Gasteiger partial charge in [-0.3, -0.25) is 4.79 Å². The van der Waals surface area contributed by atoms with Gasteiger partial charge in [-0.15, -0.1) is 12.4 Å². The summed E-state index contributed by atoms with van der Waals surface area (Å²) in [4.78, 5) is 11.7. The first-order valence-electron chi connectivity index (χ1n) is 4.88. The Kier molecular flexibility index (Phi) is 3.84. The fraction of sp³-hybridized carbons (Fsp3) is 0.364. The molecule has 1 saturated carbocycles. The zero-order chi connectivity index (χ0) is 11.1. The molecular formula is C11H14Cl2N2O. The quantitative estimate of drug-likeness (QED) is 0.859. The summed E-state index contributed by atoms with van der Waals surface area (Å²) < 4.78 is 0. The number of aryl methyl sites for hydroxylation is 1. The molecule has 2 rings (SSSR count). The zero-order valence-electron chi connectivity index (χ0n) is 8.92. The summed E-state index contributed by atoms with van der Waals surface area (Å²) in [6, 6.07) is 5.50. The van der Waals surface area contributed by atoms with E-state index in [1.54, 1.807) is 6.07 Å². The van der Waals surface area contributed by atoms with Crippen LogP contribution in [0.1, 0.15) is 18.4 Å². The largest absolute Gasteiger partial charge is 0.323 e. The third-order valence-electron chi connectivity index (χ3n) is 2.61. The first-order valence-corrected chi connectivity index (χ1v) is 5.25. The van der Waals surface area contributed by atoms with Crippen LogP contribution in [0, 0.1) is 6.92 Å². The van der Waals surface area contributed by atoms with Crippen LogP contribution >= 0.6 is 24.0 Å². The molecule has 5 heteroatoms. The summed E-state index contributed by atoms with van der Waals surface area (Å²) in [5, 5.41) is 3.30. The fourth-order valence-electron chi connectivity index (χ4n) is 1.34. The second kappa shape index (κ2) is 4.62.